The van der Waals surface area contributed by atoms with Crippen LogP contribution in [0.4, 0.5) is 0 Å². The number of benzene rings is 3. The maximum Gasteiger partial charge on any atom is 0.244 e. The number of nitrogens with zero attached hydrogens (tertiary/aromatic N) is 1. The Labute approximate surface area is 154 Å². The summed E-state index contributed by atoms with van der Waals surface area (Å²) in [5, 5.41) is 16.3. The van der Waals surface area contributed by atoms with Crippen molar-refractivity contribution in [1.82, 2.24) is 5.43 Å². The fourth-order valence-electron chi connectivity index (χ4n) is 2.52. The molecule has 0 heterocycles. The molecule has 0 aliphatic carbocycles. The van der Waals surface area contributed by atoms with Gasteiger partial charge in [0.15, 0.2) is 0 Å². The van der Waals surface area contributed by atoms with Gasteiger partial charge in [0.05, 0.1) is 17.7 Å². The molecule has 6 heteroatoms. The second kappa shape index (κ2) is 7.55. The Balaban J connectivity index is 1.71. The minimum atomic E-state index is -0.264. The van der Waals surface area contributed by atoms with Gasteiger partial charge in [-0.3, -0.25) is 4.79 Å². The highest BCUT2D eigenvalue weighted by molar-refractivity contribution is 6.36. The molecule has 0 fully saturated rings. The Morgan fingerprint density at radius 1 is 1.12 bits per heavy atom. The van der Waals surface area contributed by atoms with Crippen LogP contribution in [0.2, 0.25) is 10.0 Å². The smallest absolute Gasteiger partial charge is 0.244 e. The van der Waals surface area contributed by atoms with E-state index in [1.807, 2.05) is 42.5 Å². The van der Waals surface area contributed by atoms with Gasteiger partial charge >= 0.3 is 0 Å². The monoisotopic (exact) mass is 372 g/mol. The largest absolute Gasteiger partial charge is 0.506 e. The van der Waals surface area contributed by atoms with E-state index in [4.69, 9.17) is 23.2 Å². The van der Waals surface area contributed by atoms with Crippen LogP contribution < -0.4 is 5.43 Å². The maximum absolute atomic E-state index is 12.1. The van der Waals surface area contributed by atoms with Crippen molar-refractivity contribution >= 4 is 46.1 Å². The fourth-order valence-corrected chi connectivity index (χ4v) is 3.03. The Kier molecular flexibility index (Phi) is 5.22. The van der Waals surface area contributed by atoms with Crippen molar-refractivity contribution in [2.45, 2.75) is 6.42 Å². The van der Waals surface area contributed by atoms with E-state index in [9.17, 15) is 9.90 Å². The molecular weight excluding hydrogens is 359 g/mol. The molecule has 0 aliphatic rings. The quantitative estimate of drug-likeness (QED) is 0.521. The first-order valence-electron chi connectivity index (χ1n) is 7.51. The van der Waals surface area contributed by atoms with E-state index < -0.39 is 0 Å². The number of nitrogens with one attached hydrogen (secondary N) is 1. The molecule has 126 valence electrons. The number of aromatic hydroxyl groups is 1. The summed E-state index contributed by atoms with van der Waals surface area (Å²) in [7, 11) is 0. The number of hydrazone groups is 1. The highest BCUT2D eigenvalue weighted by Gasteiger charge is 2.08. The van der Waals surface area contributed by atoms with Crippen LogP contribution in [0.1, 0.15) is 11.1 Å². The number of phenolic OH excluding ortho intramolecular Hbond substituents is 1. The number of hydrogen-bond acceptors (Lipinski definition) is 3. The van der Waals surface area contributed by atoms with Gasteiger partial charge in [-0.05, 0) is 28.5 Å². The third-order valence-electron chi connectivity index (χ3n) is 3.68. The summed E-state index contributed by atoms with van der Waals surface area (Å²) in [6, 6.07) is 16.6. The number of fused-ring (bicyclic) bond motifs is 1. The topological polar surface area (TPSA) is 61.7 Å². The lowest BCUT2D eigenvalue weighted by molar-refractivity contribution is -0.120. The van der Waals surface area contributed by atoms with Crippen LogP contribution in [0.5, 0.6) is 5.75 Å². The highest BCUT2D eigenvalue weighted by atomic mass is 35.5. The van der Waals surface area contributed by atoms with E-state index in [0.717, 1.165) is 16.3 Å². The summed E-state index contributed by atoms with van der Waals surface area (Å²) in [6.07, 6.45) is 1.50. The second-order valence-corrected chi connectivity index (χ2v) is 6.28. The van der Waals surface area contributed by atoms with E-state index in [-0.39, 0.29) is 23.1 Å². The third-order valence-corrected chi connectivity index (χ3v) is 4.19. The van der Waals surface area contributed by atoms with Gasteiger partial charge in [0, 0.05) is 10.6 Å². The lowest BCUT2D eigenvalue weighted by atomic mass is 10.0. The van der Waals surface area contributed by atoms with Crippen molar-refractivity contribution in [3.63, 3.8) is 0 Å². The van der Waals surface area contributed by atoms with Gasteiger partial charge in [0.2, 0.25) is 5.91 Å². The summed E-state index contributed by atoms with van der Waals surface area (Å²) in [5.41, 5.74) is 3.68. The Morgan fingerprint density at radius 2 is 1.88 bits per heavy atom. The Bertz CT molecular complexity index is 966. The summed E-state index contributed by atoms with van der Waals surface area (Å²) >= 11 is 11.7. The average Bonchev–Trinajstić information content (AvgIpc) is 2.59. The molecule has 0 atom stereocenters. The van der Waals surface area contributed by atoms with Crippen LogP contribution in [0.15, 0.2) is 59.7 Å². The van der Waals surface area contributed by atoms with E-state index in [1.54, 1.807) is 0 Å². The first-order valence-corrected chi connectivity index (χ1v) is 8.27. The van der Waals surface area contributed by atoms with Crippen LogP contribution >= 0.6 is 23.2 Å². The van der Waals surface area contributed by atoms with Crippen molar-refractivity contribution in [2.75, 3.05) is 0 Å². The molecule has 3 aromatic carbocycles. The predicted octanol–water partition coefficient (Wildman–Crippen LogP) is 4.55. The van der Waals surface area contributed by atoms with Crippen molar-refractivity contribution in [2.24, 2.45) is 5.10 Å². The van der Waals surface area contributed by atoms with Gasteiger partial charge in [0.1, 0.15) is 5.75 Å². The lowest BCUT2D eigenvalue weighted by Gasteiger charge is -2.06. The molecule has 0 saturated carbocycles. The average molecular weight is 373 g/mol. The summed E-state index contributed by atoms with van der Waals surface area (Å²) in [6.45, 7) is 0. The number of carbonyl (C=O) groups excluding carboxylic acids is 1. The van der Waals surface area contributed by atoms with E-state index in [0.29, 0.717) is 10.6 Å². The highest BCUT2D eigenvalue weighted by Crippen LogP contribution is 2.29. The van der Waals surface area contributed by atoms with Crippen LogP contribution in [0.25, 0.3) is 10.8 Å². The van der Waals surface area contributed by atoms with Crippen molar-refractivity contribution in [1.29, 1.82) is 0 Å². The lowest BCUT2D eigenvalue weighted by Crippen LogP contribution is -2.19. The van der Waals surface area contributed by atoms with Gasteiger partial charge in [-0.2, -0.15) is 5.10 Å². The van der Waals surface area contributed by atoms with Gasteiger partial charge in [-0.25, -0.2) is 5.43 Å². The minimum absolute atomic E-state index is 0.121. The predicted molar refractivity (Wildman–Crippen MR) is 102 cm³/mol. The van der Waals surface area contributed by atoms with E-state index in [2.05, 4.69) is 10.5 Å². The summed E-state index contributed by atoms with van der Waals surface area (Å²) < 4.78 is 0. The molecular formula is C19H14Cl2N2O2. The molecule has 3 aromatic rings. The number of amides is 1. The molecule has 0 unspecified atom stereocenters. The molecule has 3 rings (SSSR count). The zero-order valence-electron chi connectivity index (χ0n) is 13.0. The van der Waals surface area contributed by atoms with Gasteiger partial charge in [-0.1, -0.05) is 65.7 Å². The molecule has 0 bridgehead atoms. The number of rotatable bonds is 4. The first kappa shape index (κ1) is 17.3. The second-order valence-electron chi connectivity index (χ2n) is 5.43. The molecule has 0 aliphatic heterocycles. The Hall–Kier alpha value is -2.56. The SMILES string of the molecule is O=C(Cc1cccc2ccccc12)N/N=C/c1cc(Cl)cc(Cl)c1O. The van der Waals surface area contributed by atoms with Crippen LogP contribution in [-0.4, -0.2) is 17.2 Å². The maximum atomic E-state index is 12.1. The standard InChI is InChI=1S/C19H14Cl2N2O2/c20-15-8-14(19(25)17(21)10-15)11-22-23-18(24)9-13-6-3-5-12-4-1-2-7-16(12)13/h1-8,10-11,25H,9H2,(H,23,24)/b22-11+. The number of phenols is 1. The molecule has 0 saturated heterocycles. The molecule has 25 heavy (non-hydrogen) atoms. The molecule has 1 amide bonds. The van der Waals surface area contributed by atoms with Crippen molar-refractivity contribution in [3.8, 4) is 5.75 Å². The van der Waals surface area contributed by atoms with Gasteiger partial charge in [0.25, 0.3) is 0 Å². The van der Waals surface area contributed by atoms with Crippen molar-refractivity contribution < 1.29 is 9.90 Å². The molecule has 0 radical (unpaired) electrons. The molecule has 2 N–H and O–H groups in total. The minimum Gasteiger partial charge on any atom is -0.506 e. The normalized spacial score (nSPS) is 11.1. The van der Waals surface area contributed by atoms with E-state index in [1.165, 1.54) is 18.3 Å². The molecule has 4 nitrogen and oxygen atoms in total. The zero-order chi connectivity index (χ0) is 17.8. The van der Waals surface area contributed by atoms with Crippen molar-refractivity contribution in [3.05, 3.63) is 75.8 Å². The molecule has 0 spiro atoms. The van der Waals surface area contributed by atoms with Gasteiger partial charge in [-0.15, -0.1) is 0 Å². The first-order chi connectivity index (χ1) is 12.0. The summed E-state index contributed by atoms with van der Waals surface area (Å²) in [5.74, 6) is -0.404. The van der Waals surface area contributed by atoms with E-state index >= 15 is 0 Å². The zero-order valence-corrected chi connectivity index (χ0v) is 14.6. The van der Waals surface area contributed by atoms with Crippen LogP contribution in [0.3, 0.4) is 0 Å². The van der Waals surface area contributed by atoms with Crippen LogP contribution in [0, 0.1) is 0 Å². The molecule has 0 aromatic heterocycles. The van der Waals surface area contributed by atoms with Gasteiger partial charge < -0.3 is 5.11 Å². The summed E-state index contributed by atoms with van der Waals surface area (Å²) in [4.78, 5) is 12.1. The number of carbonyl (C=O) groups is 1. The fraction of sp³-hybridized carbons (Fsp3) is 0.0526. The Morgan fingerprint density at radius 3 is 2.72 bits per heavy atom. The third kappa shape index (κ3) is 4.10. The number of halogens is 2. The van der Waals surface area contributed by atoms with Crippen LogP contribution in [-0.2, 0) is 11.2 Å². The number of hydrogen-bond donors (Lipinski definition) is 2.